The second-order valence-electron chi connectivity index (χ2n) is 5.56. The number of aryl methyl sites for hydroxylation is 1. The monoisotopic (exact) mass is 369 g/mol. The molecule has 0 aromatic carbocycles. The molecule has 3 aromatic rings. The Kier molecular flexibility index (Phi) is 4.34. The highest BCUT2D eigenvalue weighted by Gasteiger charge is 2.27. The molecule has 3 aromatic heterocycles. The first kappa shape index (κ1) is 17.8. The molecular formula is C16H12F5N5. The van der Waals surface area contributed by atoms with E-state index >= 15 is 0 Å². The van der Waals surface area contributed by atoms with E-state index in [-0.39, 0.29) is 28.3 Å². The molecule has 0 saturated carbocycles. The number of nitrogens with zero attached hydrogens (tertiary/aromatic N) is 3. The lowest BCUT2D eigenvalue weighted by Gasteiger charge is -2.15. The van der Waals surface area contributed by atoms with Crippen LogP contribution < -0.4 is 5.32 Å². The Labute approximate surface area is 144 Å². The Hall–Kier alpha value is -3.04. The van der Waals surface area contributed by atoms with Crippen LogP contribution in [0.3, 0.4) is 0 Å². The van der Waals surface area contributed by atoms with E-state index in [2.05, 4.69) is 15.3 Å². The maximum atomic E-state index is 13.8. The molecule has 3 heterocycles. The SMILES string of the molecule is Cc1cc(NCC(F)(F)F)c(C(=N)c2cnc3c(F)cc(F)cn23)cn1. The molecule has 0 fully saturated rings. The number of pyridine rings is 2. The maximum absolute atomic E-state index is 13.8. The number of rotatable bonds is 4. The summed E-state index contributed by atoms with van der Waals surface area (Å²) in [6.07, 6.45) is -1.13. The van der Waals surface area contributed by atoms with Crippen LogP contribution in [0.4, 0.5) is 27.6 Å². The van der Waals surface area contributed by atoms with Gasteiger partial charge in [-0.25, -0.2) is 13.8 Å². The second-order valence-corrected chi connectivity index (χ2v) is 5.56. The lowest BCUT2D eigenvalue weighted by Crippen LogP contribution is -2.23. The van der Waals surface area contributed by atoms with Crippen molar-refractivity contribution in [1.29, 1.82) is 5.41 Å². The summed E-state index contributed by atoms with van der Waals surface area (Å²) in [6.45, 7) is 0.290. The van der Waals surface area contributed by atoms with Gasteiger partial charge in [0, 0.05) is 35.4 Å². The summed E-state index contributed by atoms with van der Waals surface area (Å²) in [5, 5.41) is 10.5. The lowest BCUT2D eigenvalue weighted by atomic mass is 10.1. The topological polar surface area (TPSA) is 66.1 Å². The Morgan fingerprint density at radius 3 is 2.62 bits per heavy atom. The van der Waals surface area contributed by atoms with E-state index in [1.165, 1.54) is 12.3 Å². The van der Waals surface area contributed by atoms with Crippen LogP contribution in [0.15, 0.2) is 30.7 Å². The van der Waals surface area contributed by atoms with E-state index in [1.807, 2.05) is 0 Å². The Morgan fingerprint density at radius 2 is 1.92 bits per heavy atom. The quantitative estimate of drug-likeness (QED) is 0.544. The van der Waals surface area contributed by atoms with Crippen LogP contribution in [0.5, 0.6) is 0 Å². The van der Waals surface area contributed by atoms with Crippen LogP contribution in [0, 0.1) is 24.0 Å². The third kappa shape index (κ3) is 3.48. The first-order valence-electron chi connectivity index (χ1n) is 7.34. The molecule has 0 unspecified atom stereocenters. The fourth-order valence-corrected chi connectivity index (χ4v) is 2.44. The minimum atomic E-state index is -4.45. The number of hydrogen-bond acceptors (Lipinski definition) is 4. The largest absolute Gasteiger partial charge is 0.405 e. The first-order valence-corrected chi connectivity index (χ1v) is 7.34. The van der Waals surface area contributed by atoms with Crippen molar-refractivity contribution in [3.63, 3.8) is 0 Å². The van der Waals surface area contributed by atoms with Crippen molar-refractivity contribution in [1.82, 2.24) is 14.4 Å². The molecule has 0 bridgehead atoms. The third-order valence-corrected chi connectivity index (χ3v) is 3.57. The number of alkyl halides is 3. The van der Waals surface area contributed by atoms with Crippen molar-refractivity contribution in [2.45, 2.75) is 13.1 Å². The molecule has 0 amide bonds. The number of fused-ring (bicyclic) bond motifs is 1. The average Bonchev–Trinajstić information content (AvgIpc) is 2.95. The van der Waals surface area contributed by atoms with Crippen LogP contribution in [-0.4, -0.2) is 32.8 Å². The molecule has 26 heavy (non-hydrogen) atoms. The van der Waals surface area contributed by atoms with Gasteiger partial charge in [-0.15, -0.1) is 0 Å². The predicted octanol–water partition coefficient (Wildman–Crippen LogP) is 3.71. The van der Waals surface area contributed by atoms with Crippen LogP contribution in [-0.2, 0) is 0 Å². The normalized spacial score (nSPS) is 11.8. The molecule has 0 saturated heterocycles. The van der Waals surface area contributed by atoms with Gasteiger partial charge < -0.3 is 5.32 Å². The van der Waals surface area contributed by atoms with Gasteiger partial charge in [0.05, 0.1) is 17.6 Å². The summed E-state index contributed by atoms with van der Waals surface area (Å²) in [5.41, 5.74) is 0.0641. The molecule has 0 radical (unpaired) electrons. The fourth-order valence-electron chi connectivity index (χ4n) is 2.44. The summed E-state index contributed by atoms with van der Waals surface area (Å²) in [4.78, 5) is 7.79. The highest BCUT2D eigenvalue weighted by Crippen LogP contribution is 2.23. The minimum absolute atomic E-state index is 0.0131. The van der Waals surface area contributed by atoms with Crippen LogP contribution >= 0.6 is 0 Å². The third-order valence-electron chi connectivity index (χ3n) is 3.57. The minimum Gasteiger partial charge on any atom is -0.376 e. The molecule has 0 aliphatic carbocycles. The summed E-state index contributed by atoms with van der Waals surface area (Å²) >= 11 is 0. The molecule has 0 atom stereocenters. The van der Waals surface area contributed by atoms with E-state index in [4.69, 9.17) is 5.41 Å². The smallest absolute Gasteiger partial charge is 0.376 e. The zero-order valence-electron chi connectivity index (χ0n) is 13.3. The lowest BCUT2D eigenvalue weighted by molar-refractivity contribution is -0.115. The Morgan fingerprint density at radius 1 is 1.19 bits per heavy atom. The van der Waals surface area contributed by atoms with Crippen molar-refractivity contribution >= 4 is 17.0 Å². The fraction of sp³-hybridized carbons (Fsp3) is 0.188. The van der Waals surface area contributed by atoms with Crippen molar-refractivity contribution < 1.29 is 22.0 Å². The average molecular weight is 369 g/mol. The van der Waals surface area contributed by atoms with Gasteiger partial charge in [0.1, 0.15) is 12.4 Å². The maximum Gasteiger partial charge on any atom is 0.405 e. The van der Waals surface area contributed by atoms with Crippen molar-refractivity contribution in [2.75, 3.05) is 11.9 Å². The molecule has 5 nitrogen and oxygen atoms in total. The number of aromatic nitrogens is 3. The van der Waals surface area contributed by atoms with Gasteiger partial charge in [0.15, 0.2) is 11.5 Å². The summed E-state index contributed by atoms with van der Waals surface area (Å²) in [6, 6.07) is 2.01. The second kappa shape index (κ2) is 6.36. The molecule has 0 aliphatic heterocycles. The first-order chi connectivity index (χ1) is 12.2. The van der Waals surface area contributed by atoms with Gasteiger partial charge >= 0.3 is 6.18 Å². The number of hydrogen-bond donors (Lipinski definition) is 2. The predicted molar refractivity (Wildman–Crippen MR) is 84.6 cm³/mol. The van der Waals surface area contributed by atoms with E-state index < -0.39 is 24.4 Å². The molecule has 10 heteroatoms. The number of anilines is 1. The number of nitrogens with one attached hydrogen (secondary N) is 2. The number of halogens is 5. The molecule has 0 aliphatic rings. The van der Waals surface area contributed by atoms with E-state index in [1.54, 1.807) is 6.92 Å². The zero-order valence-corrected chi connectivity index (χ0v) is 13.3. The van der Waals surface area contributed by atoms with E-state index in [0.717, 1.165) is 16.8 Å². The summed E-state index contributed by atoms with van der Waals surface area (Å²) in [7, 11) is 0. The highest BCUT2D eigenvalue weighted by molar-refractivity contribution is 6.13. The summed E-state index contributed by atoms with van der Waals surface area (Å²) < 4.78 is 65.8. The van der Waals surface area contributed by atoms with Crippen LogP contribution in [0.25, 0.3) is 5.65 Å². The standard InChI is InChI=1S/C16H12F5N5/c1-8-2-12(25-7-16(19,20)21)10(4-23-8)14(22)13-5-24-15-11(18)3-9(17)6-26(13)15/h2-6,22H,7H2,1H3,(H,23,25). The van der Waals surface area contributed by atoms with Gasteiger partial charge in [-0.2, -0.15) is 13.2 Å². The van der Waals surface area contributed by atoms with E-state index in [0.29, 0.717) is 11.8 Å². The van der Waals surface area contributed by atoms with E-state index in [9.17, 15) is 22.0 Å². The van der Waals surface area contributed by atoms with Crippen molar-refractivity contribution in [3.8, 4) is 0 Å². The van der Waals surface area contributed by atoms with Crippen molar-refractivity contribution in [2.24, 2.45) is 0 Å². The van der Waals surface area contributed by atoms with Crippen LogP contribution in [0.2, 0.25) is 0 Å². The van der Waals surface area contributed by atoms with Crippen molar-refractivity contribution in [3.05, 3.63) is 59.3 Å². The molecule has 3 rings (SSSR count). The van der Waals surface area contributed by atoms with Gasteiger partial charge in [0.2, 0.25) is 0 Å². The van der Waals surface area contributed by atoms with Gasteiger partial charge in [-0.05, 0) is 13.0 Å². The van der Waals surface area contributed by atoms with Gasteiger partial charge in [-0.3, -0.25) is 14.8 Å². The Bertz CT molecular complexity index is 993. The van der Waals surface area contributed by atoms with Crippen LogP contribution in [0.1, 0.15) is 17.0 Å². The summed E-state index contributed by atoms with van der Waals surface area (Å²) in [5.74, 6) is -1.79. The number of imidazole rings is 1. The van der Waals surface area contributed by atoms with Gasteiger partial charge in [-0.1, -0.05) is 0 Å². The molecular weight excluding hydrogens is 357 g/mol. The highest BCUT2D eigenvalue weighted by atomic mass is 19.4. The molecule has 136 valence electrons. The zero-order chi connectivity index (χ0) is 19.1. The van der Waals surface area contributed by atoms with Gasteiger partial charge in [0.25, 0.3) is 0 Å². The molecule has 2 N–H and O–H groups in total. The Balaban J connectivity index is 2.06. The molecule has 0 spiro atoms.